The molecule has 0 saturated heterocycles. The van der Waals surface area contributed by atoms with E-state index in [4.69, 9.17) is 4.74 Å². The van der Waals surface area contributed by atoms with Crippen molar-refractivity contribution in [2.24, 2.45) is 0 Å². The van der Waals surface area contributed by atoms with Gasteiger partial charge in [-0.1, -0.05) is 12.1 Å². The van der Waals surface area contributed by atoms with Crippen LogP contribution in [0.2, 0.25) is 0 Å². The zero-order valence-electron chi connectivity index (χ0n) is 13.3. The number of hydrogen-bond acceptors (Lipinski definition) is 3. The predicted octanol–water partition coefficient (Wildman–Crippen LogP) is 2.63. The highest BCUT2D eigenvalue weighted by molar-refractivity contribution is 6.04. The number of ether oxygens (including phenoxy) is 1. The summed E-state index contributed by atoms with van der Waals surface area (Å²) in [6.07, 6.45) is 0.323. The van der Waals surface area contributed by atoms with E-state index in [0.29, 0.717) is 24.3 Å². The van der Waals surface area contributed by atoms with Gasteiger partial charge in [-0.25, -0.2) is 0 Å². The smallest absolute Gasteiger partial charge is 0.255 e. The lowest BCUT2D eigenvalue weighted by Crippen LogP contribution is -2.19. The lowest BCUT2D eigenvalue weighted by molar-refractivity contribution is -0.119. The molecular weight excluding hydrogens is 292 g/mol. The largest absolute Gasteiger partial charge is 0.494 e. The summed E-state index contributed by atoms with van der Waals surface area (Å²) in [5.74, 6) is 0.505. The third-order valence-corrected chi connectivity index (χ3v) is 3.28. The van der Waals surface area contributed by atoms with Crippen LogP contribution < -0.4 is 15.4 Å². The molecule has 0 bridgehead atoms. The molecule has 0 aliphatic rings. The van der Waals surface area contributed by atoms with Crippen molar-refractivity contribution in [2.75, 3.05) is 19.0 Å². The molecule has 0 radical (unpaired) electrons. The summed E-state index contributed by atoms with van der Waals surface area (Å²) in [5, 5.41) is 5.40. The first kappa shape index (κ1) is 16.5. The maximum atomic E-state index is 12.2. The van der Waals surface area contributed by atoms with Crippen LogP contribution in [0.3, 0.4) is 0 Å². The van der Waals surface area contributed by atoms with E-state index in [2.05, 4.69) is 10.6 Å². The molecule has 2 aromatic carbocycles. The fourth-order valence-corrected chi connectivity index (χ4v) is 2.05. The fourth-order valence-electron chi connectivity index (χ4n) is 2.05. The molecule has 5 heteroatoms. The molecule has 0 fully saturated rings. The van der Waals surface area contributed by atoms with E-state index >= 15 is 0 Å². The summed E-state index contributed by atoms with van der Waals surface area (Å²) in [7, 11) is 1.60. The summed E-state index contributed by atoms with van der Waals surface area (Å²) in [5.41, 5.74) is 2.14. The molecule has 2 aromatic rings. The van der Waals surface area contributed by atoms with Gasteiger partial charge in [-0.05, 0) is 48.9 Å². The van der Waals surface area contributed by atoms with Gasteiger partial charge < -0.3 is 15.4 Å². The van der Waals surface area contributed by atoms with Gasteiger partial charge in [0, 0.05) is 18.3 Å². The van der Waals surface area contributed by atoms with Crippen LogP contribution in [0.1, 0.15) is 22.8 Å². The number of carbonyl (C=O) groups excluding carboxylic acids is 2. The number of hydrogen-bond donors (Lipinski definition) is 2. The van der Waals surface area contributed by atoms with Crippen molar-refractivity contribution < 1.29 is 14.3 Å². The summed E-state index contributed by atoms with van der Waals surface area (Å²) in [6, 6.07) is 14.2. The van der Waals surface area contributed by atoms with E-state index in [0.717, 1.165) is 11.3 Å². The van der Waals surface area contributed by atoms with Crippen LogP contribution in [-0.2, 0) is 11.2 Å². The van der Waals surface area contributed by atoms with Crippen molar-refractivity contribution in [3.8, 4) is 5.75 Å². The Bertz CT molecular complexity index is 664. The van der Waals surface area contributed by atoms with Crippen LogP contribution >= 0.6 is 0 Å². The topological polar surface area (TPSA) is 67.4 Å². The van der Waals surface area contributed by atoms with Gasteiger partial charge in [-0.2, -0.15) is 0 Å². The molecule has 2 N–H and O–H groups in total. The molecule has 23 heavy (non-hydrogen) atoms. The molecule has 0 aliphatic carbocycles. The molecule has 5 nitrogen and oxygen atoms in total. The van der Waals surface area contributed by atoms with Crippen LogP contribution in [0, 0.1) is 0 Å². The van der Waals surface area contributed by atoms with E-state index < -0.39 is 0 Å². The van der Waals surface area contributed by atoms with E-state index in [1.807, 2.05) is 19.1 Å². The van der Waals surface area contributed by atoms with Gasteiger partial charge in [0.2, 0.25) is 5.91 Å². The first-order valence-corrected chi connectivity index (χ1v) is 7.46. The SMILES string of the molecule is CCOc1ccc(C(=O)Nc2ccc(CC(=O)NC)cc2)cc1. The Kier molecular flexibility index (Phi) is 5.74. The average molecular weight is 312 g/mol. The second kappa shape index (κ2) is 7.98. The Labute approximate surface area is 135 Å². The van der Waals surface area contributed by atoms with E-state index in [9.17, 15) is 9.59 Å². The van der Waals surface area contributed by atoms with Gasteiger partial charge in [0.15, 0.2) is 0 Å². The molecule has 0 saturated carbocycles. The number of rotatable bonds is 6. The molecule has 0 spiro atoms. The molecule has 0 aliphatic heterocycles. The van der Waals surface area contributed by atoms with E-state index in [1.54, 1.807) is 43.4 Å². The monoisotopic (exact) mass is 312 g/mol. The summed E-state index contributed by atoms with van der Waals surface area (Å²) >= 11 is 0. The molecule has 2 amide bonds. The summed E-state index contributed by atoms with van der Waals surface area (Å²) in [4.78, 5) is 23.5. The third kappa shape index (κ3) is 4.85. The maximum absolute atomic E-state index is 12.2. The Morgan fingerprint density at radius 3 is 2.22 bits per heavy atom. The number of nitrogens with one attached hydrogen (secondary N) is 2. The zero-order chi connectivity index (χ0) is 16.7. The highest BCUT2D eigenvalue weighted by atomic mass is 16.5. The van der Waals surface area contributed by atoms with Crippen LogP contribution in [-0.4, -0.2) is 25.5 Å². The standard InChI is InChI=1S/C18H20N2O3/c1-3-23-16-10-6-14(7-11-16)18(22)20-15-8-4-13(5-9-15)12-17(21)19-2/h4-11H,3,12H2,1-2H3,(H,19,21)(H,20,22). The van der Waals surface area contributed by atoms with E-state index in [-0.39, 0.29) is 11.8 Å². The van der Waals surface area contributed by atoms with E-state index in [1.165, 1.54) is 0 Å². The molecule has 0 atom stereocenters. The molecule has 0 heterocycles. The second-order valence-corrected chi connectivity index (χ2v) is 4.96. The Morgan fingerprint density at radius 1 is 1.00 bits per heavy atom. The minimum absolute atomic E-state index is 0.0452. The highest BCUT2D eigenvalue weighted by Gasteiger charge is 2.07. The second-order valence-electron chi connectivity index (χ2n) is 4.96. The first-order chi connectivity index (χ1) is 11.1. The number of carbonyl (C=O) groups is 2. The zero-order valence-corrected chi connectivity index (χ0v) is 13.3. The molecule has 120 valence electrons. The van der Waals surface area contributed by atoms with Crippen molar-refractivity contribution in [3.05, 3.63) is 59.7 Å². The normalized spacial score (nSPS) is 10.0. The summed E-state index contributed by atoms with van der Waals surface area (Å²) < 4.78 is 5.35. The lowest BCUT2D eigenvalue weighted by Gasteiger charge is -2.08. The lowest BCUT2D eigenvalue weighted by atomic mass is 10.1. The van der Waals surface area contributed by atoms with Gasteiger partial charge in [0.1, 0.15) is 5.75 Å². The van der Waals surface area contributed by atoms with Gasteiger partial charge in [-0.15, -0.1) is 0 Å². The Hall–Kier alpha value is -2.82. The number of anilines is 1. The van der Waals surface area contributed by atoms with Gasteiger partial charge in [0.05, 0.1) is 13.0 Å². The fraction of sp³-hybridized carbons (Fsp3) is 0.222. The van der Waals surface area contributed by atoms with Crippen molar-refractivity contribution in [2.45, 2.75) is 13.3 Å². The molecule has 0 unspecified atom stereocenters. The van der Waals surface area contributed by atoms with Crippen molar-refractivity contribution in [1.29, 1.82) is 0 Å². The van der Waals surface area contributed by atoms with Crippen LogP contribution in [0.15, 0.2) is 48.5 Å². The first-order valence-electron chi connectivity index (χ1n) is 7.46. The molecule has 0 aromatic heterocycles. The van der Waals surface area contributed by atoms with Crippen molar-refractivity contribution >= 4 is 17.5 Å². The molecule has 2 rings (SSSR count). The molecular formula is C18H20N2O3. The van der Waals surface area contributed by atoms with Crippen molar-refractivity contribution in [3.63, 3.8) is 0 Å². The maximum Gasteiger partial charge on any atom is 0.255 e. The average Bonchev–Trinajstić information content (AvgIpc) is 2.57. The minimum Gasteiger partial charge on any atom is -0.494 e. The minimum atomic E-state index is -0.188. The third-order valence-electron chi connectivity index (χ3n) is 3.28. The van der Waals surface area contributed by atoms with Gasteiger partial charge in [-0.3, -0.25) is 9.59 Å². The van der Waals surface area contributed by atoms with Crippen LogP contribution in [0.4, 0.5) is 5.69 Å². The Balaban J connectivity index is 1.98. The van der Waals surface area contributed by atoms with Gasteiger partial charge >= 0.3 is 0 Å². The predicted molar refractivity (Wildman–Crippen MR) is 89.8 cm³/mol. The Morgan fingerprint density at radius 2 is 1.65 bits per heavy atom. The van der Waals surface area contributed by atoms with Crippen molar-refractivity contribution in [1.82, 2.24) is 5.32 Å². The number of amides is 2. The highest BCUT2D eigenvalue weighted by Crippen LogP contribution is 2.15. The quantitative estimate of drug-likeness (QED) is 0.861. The van der Waals surface area contributed by atoms with Gasteiger partial charge in [0.25, 0.3) is 5.91 Å². The number of likely N-dealkylation sites (N-methyl/N-ethyl adjacent to an activating group) is 1. The van der Waals surface area contributed by atoms with Crippen LogP contribution in [0.5, 0.6) is 5.75 Å². The summed E-state index contributed by atoms with van der Waals surface area (Å²) in [6.45, 7) is 2.50. The van der Waals surface area contributed by atoms with Crippen LogP contribution in [0.25, 0.3) is 0 Å². The number of benzene rings is 2.